The molecule has 2 N–H and O–H groups in total. The van der Waals surface area contributed by atoms with E-state index in [0.29, 0.717) is 11.6 Å². The Balaban J connectivity index is 2.74. The summed E-state index contributed by atoms with van der Waals surface area (Å²) in [5.74, 6) is -0.785. The molecule has 0 spiro atoms. The fraction of sp³-hybridized carbons (Fsp3) is 0.417. The Labute approximate surface area is 100 Å². The van der Waals surface area contributed by atoms with Crippen LogP contribution in [0.3, 0.4) is 0 Å². The van der Waals surface area contributed by atoms with Gasteiger partial charge >= 0.3 is 5.97 Å². The number of benzene rings is 1. The van der Waals surface area contributed by atoms with Crippen LogP contribution in [-0.2, 0) is 4.79 Å². The average molecular weight is 242 g/mol. The van der Waals surface area contributed by atoms with Crippen molar-refractivity contribution in [1.82, 2.24) is 5.32 Å². The van der Waals surface area contributed by atoms with Crippen LogP contribution >= 0.6 is 11.6 Å². The number of carboxylic acids is 1. The molecule has 0 fully saturated rings. The first-order chi connectivity index (χ1) is 7.63. The molecular formula is C12H16ClNO2. The number of likely N-dealkylation sites (N-methyl/N-ethyl adjacent to an activating group) is 1. The van der Waals surface area contributed by atoms with Gasteiger partial charge in [-0.1, -0.05) is 30.7 Å². The van der Waals surface area contributed by atoms with Gasteiger partial charge in [0.2, 0.25) is 0 Å². The van der Waals surface area contributed by atoms with Crippen LogP contribution in [0.5, 0.6) is 0 Å². The monoisotopic (exact) mass is 241 g/mol. The van der Waals surface area contributed by atoms with E-state index in [9.17, 15) is 4.79 Å². The van der Waals surface area contributed by atoms with Crippen LogP contribution in [0.4, 0.5) is 0 Å². The molecule has 0 aliphatic rings. The number of carboxylic acid groups (broad SMARTS) is 1. The van der Waals surface area contributed by atoms with Crippen LogP contribution in [0.2, 0.25) is 5.02 Å². The van der Waals surface area contributed by atoms with Crippen LogP contribution in [0.1, 0.15) is 24.8 Å². The van der Waals surface area contributed by atoms with E-state index in [4.69, 9.17) is 16.7 Å². The molecule has 88 valence electrons. The Morgan fingerprint density at radius 3 is 2.56 bits per heavy atom. The maximum atomic E-state index is 10.8. The number of halogens is 1. The molecule has 0 saturated carbocycles. The highest BCUT2D eigenvalue weighted by atomic mass is 35.5. The van der Waals surface area contributed by atoms with E-state index in [0.717, 1.165) is 12.1 Å². The fourth-order valence-electron chi connectivity index (χ4n) is 1.57. The predicted octanol–water partition coefficient (Wildman–Crippen LogP) is 2.51. The van der Waals surface area contributed by atoms with Gasteiger partial charge < -0.3 is 10.4 Å². The van der Waals surface area contributed by atoms with Gasteiger partial charge in [-0.3, -0.25) is 4.79 Å². The predicted molar refractivity (Wildman–Crippen MR) is 65.0 cm³/mol. The number of aliphatic carboxylic acids is 1. The third kappa shape index (κ3) is 4.21. The summed E-state index contributed by atoms with van der Waals surface area (Å²) in [5.41, 5.74) is 1.01. The zero-order valence-corrected chi connectivity index (χ0v) is 10.00. The highest BCUT2D eigenvalue weighted by Gasteiger charge is 2.14. The van der Waals surface area contributed by atoms with Crippen molar-refractivity contribution in [3.8, 4) is 0 Å². The van der Waals surface area contributed by atoms with Gasteiger partial charge in [0.1, 0.15) is 0 Å². The Bertz CT molecular complexity index is 337. The molecule has 0 aliphatic heterocycles. The Kier molecular flexibility index (Phi) is 5.29. The Morgan fingerprint density at radius 2 is 2.06 bits per heavy atom. The van der Waals surface area contributed by atoms with Crippen LogP contribution in [0.25, 0.3) is 0 Å². The number of carbonyl (C=O) groups is 1. The first-order valence-electron chi connectivity index (χ1n) is 5.31. The van der Waals surface area contributed by atoms with Crippen molar-refractivity contribution in [3.63, 3.8) is 0 Å². The average Bonchev–Trinajstić information content (AvgIpc) is 2.25. The molecular weight excluding hydrogens is 226 g/mol. The maximum absolute atomic E-state index is 10.8. The van der Waals surface area contributed by atoms with Crippen LogP contribution in [0.15, 0.2) is 24.3 Å². The van der Waals surface area contributed by atoms with Gasteiger partial charge in [0.05, 0.1) is 6.42 Å². The molecule has 0 aromatic heterocycles. The van der Waals surface area contributed by atoms with Gasteiger partial charge in [0.25, 0.3) is 0 Å². The number of nitrogens with one attached hydrogen (secondary N) is 1. The van der Waals surface area contributed by atoms with Gasteiger partial charge in [0.15, 0.2) is 0 Å². The topological polar surface area (TPSA) is 49.3 Å². The number of rotatable bonds is 6. The molecule has 0 heterocycles. The van der Waals surface area contributed by atoms with Crippen molar-refractivity contribution in [2.75, 3.05) is 13.1 Å². The highest BCUT2D eigenvalue weighted by molar-refractivity contribution is 6.30. The second-order valence-electron chi connectivity index (χ2n) is 3.65. The summed E-state index contributed by atoms with van der Waals surface area (Å²) in [6, 6.07) is 7.34. The number of hydrogen-bond acceptors (Lipinski definition) is 2. The summed E-state index contributed by atoms with van der Waals surface area (Å²) >= 11 is 5.79. The summed E-state index contributed by atoms with van der Waals surface area (Å²) in [6.07, 6.45) is 0.134. The molecule has 1 atom stereocenters. The molecule has 3 nitrogen and oxygen atoms in total. The third-order valence-electron chi connectivity index (χ3n) is 2.40. The lowest BCUT2D eigenvalue weighted by Gasteiger charge is -2.15. The van der Waals surface area contributed by atoms with Crippen molar-refractivity contribution in [1.29, 1.82) is 0 Å². The quantitative estimate of drug-likeness (QED) is 0.805. The molecule has 0 bridgehead atoms. The zero-order chi connectivity index (χ0) is 12.0. The van der Waals surface area contributed by atoms with E-state index in [2.05, 4.69) is 5.32 Å². The molecule has 16 heavy (non-hydrogen) atoms. The minimum atomic E-state index is -0.780. The van der Waals surface area contributed by atoms with Crippen molar-refractivity contribution < 1.29 is 9.90 Å². The molecule has 0 aliphatic carbocycles. The molecule has 0 amide bonds. The van der Waals surface area contributed by atoms with E-state index >= 15 is 0 Å². The Hall–Kier alpha value is -1.06. The van der Waals surface area contributed by atoms with Gasteiger partial charge in [-0.05, 0) is 24.2 Å². The second-order valence-corrected chi connectivity index (χ2v) is 4.09. The van der Waals surface area contributed by atoms with Crippen LogP contribution in [-0.4, -0.2) is 24.2 Å². The molecule has 1 rings (SSSR count). The molecule has 0 radical (unpaired) electrons. The van der Waals surface area contributed by atoms with Crippen LogP contribution in [0, 0.1) is 0 Å². The third-order valence-corrected chi connectivity index (χ3v) is 2.66. The molecule has 0 saturated heterocycles. The van der Waals surface area contributed by atoms with E-state index in [1.54, 1.807) is 12.1 Å². The lowest BCUT2D eigenvalue weighted by Crippen LogP contribution is -2.23. The van der Waals surface area contributed by atoms with Gasteiger partial charge in [-0.15, -0.1) is 0 Å². The summed E-state index contributed by atoms with van der Waals surface area (Å²) in [6.45, 7) is 3.51. The standard InChI is InChI=1S/C12H16ClNO2/c1-2-14-8-10(7-12(15)16)9-3-5-11(13)6-4-9/h3-6,10,14H,2,7-8H2,1H3,(H,15,16). The summed E-state index contributed by atoms with van der Waals surface area (Å²) in [7, 11) is 0. The minimum Gasteiger partial charge on any atom is -0.481 e. The summed E-state index contributed by atoms with van der Waals surface area (Å²) in [5, 5.41) is 12.7. The second kappa shape index (κ2) is 6.51. The first kappa shape index (κ1) is 13.0. The van der Waals surface area contributed by atoms with Crippen molar-refractivity contribution >= 4 is 17.6 Å². The van der Waals surface area contributed by atoms with E-state index in [1.807, 2.05) is 19.1 Å². The fourth-order valence-corrected chi connectivity index (χ4v) is 1.70. The normalized spacial score (nSPS) is 12.4. The molecule has 4 heteroatoms. The van der Waals surface area contributed by atoms with Crippen molar-refractivity contribution in [2.24, 2.45) is 0 Å². The van der Waals surface area contributed by atoms with Gasteiger partial charge in [-0.2, -0.15) is 0 Å². The van der Waals surface area contributed by atoms with Gasteiger partial charge in [-0.25, -0.2) is 0 Å². The summed E-state index contributed by atoms with van der Waals surface area (Å²) < 4.78 is 0. The Morgan fingerprint density at radius 1 is 1.44 bits per heavy atom. The zero-order valence-electron chi connectivity index (χ0n) is 9.24. The lowest BCUT2D eigenvalue weighted by atomic mass is 9.96. The van der Waals surface area contributed by atoms with Gasteiger partial charge in [0, 0.05) is 17.5 Å². The van der Waals surface area contributed by atoms with E-state index in [1.165, 1.54) is 0 Å². The SMILES string of the molecule is CCNCC(CC(=O)O)c1ccc(Cl)cc1. The molecule has 1 aromatic carbocycles. The highest BCUT2D eigenvalue weighted by Crippen LogP contribution is 2.21. The largest absolute Gasteiger partial charge is 0.481 e. The van der Waals surface area contributed by atoms with E-state index < -0.39 is 5.97 Å². The minimum absolute atomic E-state index is 0.00489. The number of hydrogen-bond donors (Lipinski definition) is 2. The molecule has 1 unspecified atom stereocenters. The summed E-state index contributed by atoms with van der Waals surface area (Å²) in [4.78, 5) is 10.8. The first-order valence-corrected chi connectivity index (χ1v) is 5.69. The van der Waals surface area contributed by atoms with Crippen molar-refractivity contribution in [2.45, 2.75) is 19.3 Å². The molecule has 1 aromatic rings. The maximum Gasteiger partial charge on any atom is 0.304 e. The smallest absolute Gasteiger partial charge is 0.304 e. The lowest BCUT2D eigenvalue weighted by molar-refractivity contribution is -0.137. The van der Waals surface area contributed by atoms with Crippen LogP contribution < -0.4 is 5.32 Å². The van der Waals surface area contributed by atoms with Crippen molar-refractivity contribution in [3.05, 3.63) is 34.9 Å². The van der Waals surface area contributed by atoms with E-state index in [-0.39, 0.29) is 12.3 Å².